The Balaban J connectivity index is 2.12. The number of hydrogen-bond acceptors (Lipinski definition) is 8. The van der Waals surface area contributed by atoms with E-state index < -0.39 is 11.7 Å². The quantitative estimate of drug-likeness (QED) is 0.640. The van der Waals surface area contributed by atoms with Gasteiger partial charge in [-0.1, -0.05) is 12.1 Å². The van der Waals surface area contributed by atoms with Gasteiger partial charge in [0.15, 0.2) is 5.82 Å². The van der Waals surface area contributed by atoms with Crippen molar-refractivity contribution in [2.75, 3.05) is 12.4 Å². The van der Waals surface area contributed by atoms with E-state index in [-0.39, 0.29) is 0 Å². The second kappa shape index (κ2) is 9.63. The molecule has 0 aliphatic heterocycles. The summed E-state index contributed by atoms with van der Waals surface area (Å²) in [6, 6.07) is 5.78. The van der Waals surface area contributed by atoms with Gasteiger partial charge in [0.1, 0.15) is 11.9 Å². The molecule has 0 saturated heterocycles. The van der Waals surface area contributed by atoms with E-state index in [4.69, 9.17) is 10.5 Å². The number of rotatable bonds is 6. The lowest BCUT2D eigenvalue weighted by molar-refractivity contribution is 0.0523. The molecule has 0 spiro atoms. The van der Waals surface area contributed by atoms with Crippen LogP contribution in [0.25, 0.3) is 11.4 Å². The summed E-state index contributed by atoms with van der Waals surface area (Å²) in [6.45, 7) is 7.80. The van der Waals surface area contributed by atoms with Crippen LogP contribution in [0, 0.1) is 6.92 Å². The van der Waals surface area contributed by atoms with E-state index in [2.05, 4.69) is 30.6 Å². The number of hydrogen-bond donors (Lipinski definition) is 3. The number of carbonyl (C=O) groups is 1. The van der Waals surface area contributed by atoms with Crippen molar-refractivity contribution in [1.82, 2.24) is 20.3 Å². The van der Waals surface area contributed by atoms with Gasteiger partial charge in [-0.05, 0) is 44.9 Å². The lowest BCUT2D eigenvalue weighted by Gasteiger charge is -2.20. The Hall–Kier alpha value is -3.49. The maximum atomic E-state index is 11.8. The van der Waals surface area contributed by atoms with Crippen LogP contribution in [0.1, 0.15) is 31.9 Å². The third kappa shape index (κ3) is 6.87. The third-order valence-corrected chi connectivity index (χ3v) is 3.70. The van der Waals surface area contributed by atoms with Crippen LogP contribution < -0.4 is 16.4 Å². The lowest BCUT2D eigenvalue weighted by Crippen LogP contribution is -2.32. The first-order valence-electron chi connectivity index (χ1n) is 9.08. The molecule has 0 bridgehead atoms. The third-order valence-electron chi connectivity index (χ3n) is 3.70. The van der Waals surface area contributed by atoms with Gasteiger partial charge in [0.25, 0.3) is 0 Å². The molecule has 29 heavy (non-hydrogen) atoms. The van der Waals surface area contributed by atoms with Gasteiger partial charge in [-0.2, -0.15) is 4.98 Å². The van der Waals surface area contributed by atoms with Crippen LogP contribution in [0.4, 0.5) is 10.7 Å². The highest BCUT2D eigenvalue weighted by Gasteiger charge is 2.16. The first kappa shape index (κ1) is 21.8. The number of aryl methyl sites for hydroxylation is 1. The molecule has 0 saturated carbocycles. The Morgan fingerprint density at radius 1 is 1.31 bits per heavy atom. The molecule has 154 valence electrons. The topological polar surface area (TPSA) is 127 Å². The number of aliphatic imine (C=N–C) groups is 1. The smallest absolute Gasteiger partial charge is 0.407 e. The molecule has 1 amide bonds. The maximum Gasteiger partial charge on any atom is 0.407 e. The van der Waals surface area contributed by atoms with Crippen molar-refractivity contribution in [3.05, 3.63) is 47.6 Å². The number of aromatic nitrogens is 3. The monoisotopic (exact) mass is 397 g/mol. The molecule has 0 aliphatic carbocycles. The molecule has 0 atom stereocenters. The number of alkyl carbamates (subject to hydrolysis) is 1. The number of nitrogens with one attached hydrogen (secondary N) is 2. The number of nitrogens with two attached hydrogens (primary N) is 1. The number of anilines is 1. The van der Waals surface area contributed by atoms with Crippen LogP contribution in [0.3, 0.4) is 0 Å². The summed E-state index contributed by atoms with van der Waals surface area (Å²) in [5, 5.41) is 5.74. The summed E-state index contributed by atoms with van der Waals surface area (Å²) in [5.74, 6) is 0.877. The molecule has 0 radical (unpaired) electrons. The van der Waals surface area contributed by atoms with Gasteiger partial charge < -0.3 is 21.1 Å². The van der Waals surface area contributed by atoms with Crippen LogP contribution in [-0.4, -0.2) is 39.9 Å². The molecule has 1 heterocycles. The van der Waals surface area contributed by atoms with Gasteiger partial charge in [0, 0.05) is 31.6 Å². The molecule has 2 rings (SSSR count). The molecule has 1 aromatic heterocycles. The number of amides is 1. The zero-order valence-corrected chi connectivity index (χ0v) is 17.4. The summed E-state index contributed by atoms with van der Waals surface area (Å²) in [5.41, 5.74) is 8.39. The molecular formula is C20H27N7O2. The van der Waals surface area contributed by atoms with Crippen LogP contribution >= 0.6 is 0 Å². The summed E-state index contributed by atoms with van der Waals surface area (Å²) in [7, 11) is 1.64. The van der Waals surface area contributed by atoms with Crippen molar-refractivity contribution in [1.29, 1.82) is 0 Å². The minimum Gasteiger partial charge on any atom is -0.444 e. The average Bonchev–Trinajstić information content (AvgIpc) is 2.65. The number of ether oxygens (including phenoxy) is 1. The number of nitrogens with zero attached hydrogens (tertiary/aromatic N) is 4. The minimum atomic E-state index is -0.532. The molecule has 9 heteroatoms. The molecule has 4 N–H and O–H groups in total. The normalized spacial score (nSPS) is 12.1. The van der Waals surface area contributed by atoms with E-state index in [1.165, 1.54) is 12.5 Å². The lowest BCUT2D eigenvalue weighted by atomic mass is 10.0. The molecule has 0 fully saturated rings. The summed E-state index contributed by atoms with van der Waals surface area (Å²) in [4.78, 5) is 28.5. The Kier molecular flexibility index (Phi) is 7.24. The zero-order valence-electron chi connectivity index (χ0n) is 17.4. The van der Waals surface area contributed by atoms with Crippen molar-refractivity contribution < 1.29 is 9.53 Å². The molecule has 0 unspecified atom stereocenters. The summed E-state index contributed by atoms with van der Waals surface area (Å²) >= 11 is 0. The minimum absolute atomic E-state index is 0.361. The van der Waals surface area contributed by atoms with Gasteiger partial charge in [-0.15, -0.1) is 0 Å². The van der Waals surface area contributed by atoms with Crippen molar-refractivity contribution in [2.45, 2.75) is 39.8 Å². The maximum absolute atomic E-state index is 11.8. The van der Waals surface area contributed by atoms with E-state index in [1.807, 2.05) is 45.9 Å². The number of carbonyl (C=O) groups excluding carboxylic acids is 1. The number of benzene rings is 1. The fourth-order valence-corrected chi connectivity index (χ4v) is 2.40. The fraction of sp³-hybridized carbons (Fsp3) is 0.350. The van der Waals surface area contributed by atoms with Crippen molar-refractivity contribution in [3.8, 4) is 11.4 Å². The highest BCUT2D eigenvalue weighted by atomic mass is 16.6. The average molecular weight is 397 g/mol. The fourth-order valence-electron chi connectivity index (χ4n) is 2.40. The van der Waals surface area contributed by atoms with Crippen LogP contribution in [0.15, 0.2) is 41.4 Å². The highest BCUT2D eigenvalue weighted by molar-refractivity contribution is 5.82. The van der Waals surface area contributed by atoms with E-state index in [0.29, 0.717) is 24.0 Å². The van der Waals surface area contributed by atoms with E-state index in [1.54, 1.807) is 13.3 Å². The van der Waals surface area contributed by atoms with Gasteiger partial charge >= 0.3 is 6.09 Å². The van der Waals surface area contributed by atoms with Crippen LogP contribution in [0.2, 0.25) is 0 Å². The van der Waals surface area contributed by atoms with Crippen LogP contribution in [0.5, 0.6) is 0 Å². The summed E-state index contributed by atoms with van der Waals surface area (Å²) < 4.78 is 5.26. The van der Waals surface area contributed by atoms with Crippen LogP contribution in [-0.2, 0) is 11.3 Å². The first-order valence-corrected chi connectivity index (χ1v) is 9.08. The molecule has 1 aromatic carbocycles. The predicted molar refractivity (Wildman–Crippen MR) is 113 cm³/mol. The van der Waals surface area contributed by atoms with E-state index in [9.17, 15) is 4.79 Å². The standard InChI is InChI=1S/C20H27N7O2/c1-13-8-14(6-7-15(13)10-23-19(28)29-20(2,3)4)17-24-12-25-18(27-17)26-16(9-21)11-22-5/h6-9,11-12H,10,21H2,1-5H3,(H,23,28)(H,24,25,26,27)/b16-9+,22-11?. The summed E-state index contributed by atoms with van der Waals surface area (Å²) in [6.07, 6.45) is 3.93. The Morgan fingerprint density at radius 2 is 2.07 bits per heavy atom. The second-order valence-corrected chi connectivity index (χ2v) is 7.26. The Bertz CT molecular complexity index is 917. The molecule has 9 nitrogen and oxygen atoms in total. The van der Waals surface area contributed by atoms with Crippen molar-refractivity contribution in [3.63, 3.8) is 0 Å². The second-order valence-electron chi connectivity index (χ2n) is 7.26. The SMILES string of the molecule is CN=C/C(=C\N)Nc1ncnc(-c2ccc(CNC(=O)OC(C)(C)C)c(C)c2)n1. The van der Waals surface area contributed by atoms with Gasteiger partial charge in [-0.3, -0.25) is 4.99 Å². The van der Waals surface area contributed by atoms with Gasteiger partial charge in [0.2, 0.25) is 5.95 Å². The number of allylic oxidation sites excluding steroid dienone is 1. The Labute approximate surface area is 170 Å². The Morgan fingerprint density at radius 3 is 2.69 bits per heavy atom. The first-order chi connectivity index (χ1) is 13.7. The van der Waals surface area contributed by atoms with Gasteiger partial charge in [0.05, 0.1) is 5.70 Å². The largest absolute Gasteiger partial charge is 0.444 e. The highest BCUT2D eigenvalue weighted by Crippen LogP contribution is 2.20. The molecule has 2 aromatic rings. The zero-order chi connectivity index (χ0) is 21.4. The van der Waals surface area contributed by atoms with Gasteiger partial charge in [-0.25, -0.2) is 14.8 Å². The van der Waals surface area contributed by atoms with Crippen molar-refractivity contribution in [2.24, 2.45) is 10.7 Å². The van der Waals surface area contributed by atoms with Crippen molar-refractivity contribution >= 4 is 18.3 Å². The van der Waals surface area contributed by atoms with E-state index >= 15 is 0 Å². The molecule has 0 aliphatic rings. The predicted octanol–water partition coefficient (Wildman–Crippen LogP) is 2.78. The molecular weight excluding hydrogens is 370 g/mol. The van der Waals surface area contributed by atoms with E-state index in [0.717, 1.165) is 16.7 Å².